The molecular weight excluding hydrogens is 384 g/mol. The summed E-state index contributed by atoms with van der Waals surface area (Å²) in [7, 11) is 1.64. The van der Waals surface area contributed by atoms with Crippen molar-refractivity contribution in [2.45, 2.75) is 20.4 Å². The Kier molecular flexibility index (Phi) is 4.63. The van der Waals surface area contributed by atoms with Gasteiger partial charge in [0.05, 0.1) is 11.8 Å². The van der Waals surface area contributed by atoms with Crippen LogP contribution in [0.25, 0.3) is 17.2 Å². The summed E-state index contributed by atoms with van der Waals surface area (Å²) in [5.41, 5.74) is 2.65. The van der Waals surface area contributed by atoms with Crippen LogP contribution in [0.2, 0.25) is 0 Å². The molecule has 0 bridgehead atoms. The predicted octanol–water partition coefficient (Wildman–Crippen LogP) is 1.42. The van der Waals surface area contributed by atoms with E-state index in [0.29, 0.717) is 16.9 Å². The Hall–Kier alpha value is -4.26. The number of rotatable bonds is 4. The van der Waals surface area contributed by atoms with Crippen LogP contribution in [0.4, 0.5) is 5.69 Å². The summed E-state index contributed by atoms with van der Waals surface area (Å²) in [6.45, 7) is 3.63. The van der Waals surface area contributed by atoms with Gasteiger partial charge in [-0.1, -0.05) is 17.7 Å². The molecule has 0 radical (unpaired) electrons. The van der Waals surface area contributed by atoms with Crippen molar-refractivity contribution in [3.8, 4) is 17.5 Å². The topological polar surface area (TPSA) is 123 Å². The molecule has 150 valence electrons. The highest BCUT2D eigenvalue weighted by atomic mass is 16.2. The molecule has 4 aromatic rings. The lowest BCUT2D eigenvalue weighted by molar-refractivity contribution is -0.116. The average molecular weight is 402 g/mol. The molecule has 0 unspecified atom stereocenters. The van der Waals surface area contributed by atoms with E-state index in [2.05, 4.69) is 26.6 Å². The lowest BCUT2D eigenvalue weighted by Crippen LogP contribution is -2.25. The Morgan fingerprint density at radius 2 is 1.97 bits per heavy atom. The van der Waals surface area contributed by atoms with Gasteiger partial charge in [0.2, 0.25) is 11.7 Å². The highest BCUT2D eigenvalue weighted by molar-refractivity contribution is 5.90. The molecule has 1 N–H and O–H groups in total. The Labute approximate surface area is 171 Å². The second kappa shape index (κ2) is 7.29. The van der Waals surface area contributed by atoms with Crippen molar-refractivity contribution in [3.05, 3.63) is 63.8 Å². The van der Waals surface area contributed by atoms with Crippen molar-refractivity contribution < 1.29 is 4.79 Å². The van der Waals surface area contributed by atoms with Crippen molar-refractivity contribution in [1.82, 2.24) is 28.9 Å². The van der Waals surface area contributed by atoms with Crippen molar-refractivity contribution in [2.75, 3.05) is 5.32 Å². The maximum absolute atomic E-state index is 12.6. The summed E-state index contributed by atoms with van der Waals surface area (Å²) in [5.74, 6) is 0.132. The lowest BCUT2D eigenvalue weighted by Gasteiger charge is -2.11. The molecule has 0 fully saturated rings. The smallest absolute Gasteiger partial charge is 0.275 e. The van der Waals surface area contributed by atoms with Crippen LogP contribution in [0.3, 0.4) is 0 Å². The molecule has 1 amide bonds. The fourth-order valence-electron chi connectivity index (χ4n) is 3.13. The maximum atomic E-state index is 12.6. The van der Waals surface area contributed by atoms with E-state index in [9.17, 15) is 14.9 Å². The number of carbonyl (C=O) groups excluding carboxylic acids is 1. The molecule has 0 saturated heterocycles. The minimum atomic E-state index is -0.376. The summed E-state index contributed by atoms with van der Waals surface area (Å²) in [5, 5.41) is 20.5. The van der Waals surface area contributed by atoms with E-state index in [4.69, 9.17) is 0 Å². The highest BCUT2D eigenvalue weighted by Gasteiger charge is 2.19. The first-order valence-electron chi connectivity index (χ1n) is 9.13. The molecule has 3 heterocycles. The van der Waals surface area contributed by atoms with E-state index < -0.39 is 0 Å². The predicted molar refractivity (Wildman–Crippen MR) is 109 cm³/mol. The first-order valence-corrected chi connectivity index (χ1v) is 9.13. The number of hydrogen-bond donors (Lipinski definition) is 1. The first-order chi connectivity index (χ1) is 14.4. The number of anilines is 1. The zero-order valence-corrected chi connectivity index (χ0v) is 16.6. The Morgan fingerprint density at radius 1 is 1.23 bits per heavy atom. The zero-order chi connectivity index (χ0) is 21.4. The van der Waals surface area contributed by atoms with Gasteiger partial charge in [-0.15, -0.1) is 5.10 Å². The molecule has 0 aliphatic carbocycles. The Bertz CT molecular complexity index is 1370. The molecule has 0 aliphatic heterocycles. The number of fused-ring (bicyclic) bond motifs is 1. The number of nitriles is 1. The fraction of sp³-hybridized carbons (Fsp3) is 0.200. The van der Waals surface area contributed by atoms with Crippen LogP contribution in [0.1, 0.15) is 17.0 Å². The van der Waals surface area contributed by atoms with Crippen LogP contribution in [0, 0.1) is 25.2 Å². The van der Waals surface area contributed by atoms with Crippen LogP contribution in [0.15, 0.2) is 41.3 Å². The van der Waals surface area contributed by atoms with Gasteiger partial charge in [0.15, 0.2) is 5.82 Å². The van der Waals surface area contributed by atoms with Crippen LogP contribution < -0.4 is 10.9 Å². The third-order valence-electron chi connectivity index (χ3n) is 4.72. The van der Waals surface area contributed by atoms with Gasteiger partial charge in [-0.05, 0) is 26.0 Å². The Morgan fingerprint density at radius 3 is 2.67 bits per heavy atom. The van der Waals surface area contributed by atoms with Gasteiger partial charge in [0.1, 0.15) is 18.3 Å². The molecule has 0 atom stereocenters. The largest absolute Gasteiger partial charge is 0.325 e. The summed E-state index contributed by atoms with van der Waals surface area (Å²) in [4.78, 5) is 29.5. The van der Waals surface area contributed by atoms with Crippen LogP contribution in [-0.4, -0.2) is 34.9 Å². The minimum Gasteiger partial charge on any atom is -0.325 e. The van der Waals surface area contributed by atoms with E-state index >= 15 is 0 Å². The second-order valence-electron chi connectivity index (χ2n) is 6.91. The molecule has 3 aromatic heterocycles. The Balaban J connectivity index is 1.73. The van der Waals surface area contributed by atoms with Crippen LogP contribution in [-0.2, 0) is 18.4 Å². The monoisotopic (exact) mass is 402 g/mol. The van der Waals surface area contributed by atoms with E-state index in [-0.39, 0.29) is 35.3 Å². The molecule has 30 heavy (non-hydrogen) atoms. The normalized spacial score (nSPS) is 10.9. The van der Waals surface area contributed by atoms with E-state index in [1.807, 2.05) is 31.2 Å². The van der Waals surface area contributed by atoms with Gasteiger partial charge in [-0.2, -0.15) is 19.9 Å². The first kappa shape index (κ1) is 19.1. The van der Waals surface area contributed by atoms with Crippen molar-refractivity contribution in [1.29, 1.82) is 5.26 Å². The third kappa shape index (κ3) is 3.33. The van der Waals surface area contributed by atoms with Gasteiger partial charge in [0, 0.05) is 24.5 Å². The number of carbonyl (C=O) groups is 1. The van der Waals surface area contributed by atoms with Gasteiger partial charge >= 0.3 is 0 Å². The molecule has 0 aliphatic rings. The standard InChI is InChI=1S/C20H18N8O2/c1-12-4-6-14(7-5-12)23-17(29)11-27-13(2)8-18(30)28-20(27)24-19(25-28)15-10-22-26(3)16(15)9-21/h4-8,10H,11H2,1-3H3,(H,23,29). The van der Waals surface area contributed by atoms with Crippen LogP contribution >= 0.6 is 0 Å². The van der Waals surface area contributed by atoms with Gasteiger partial charge < -0.3 is 9.88 Å². The summed E-state index contributed by atoms with van der Waals surface area (Å²) in [6.07, 6.45) is 1.47. The molecule has 10 nitrogen and oxygen atoms in total. The van der Waals surface area contributed by atoms with Crippen molar-refractivity contribution in [3.63, 3.8) is 0 Å². The van der Waals surface area contributed by atoms with E-state index in [0.717, 1.165) is 10.1 Å². The minimum absolute atomic E-state index is 0.0558. The summed E-state index contributed by atoms with van der Waals surface area (Å²) in [6, 6.07) is 10.9. The average Bonchev–Trinajstić information content (AvgIpc) is 3.30. The van der Waals surface area contributed by atoms with E-state index in [1.54, 1.807) is 18.5 Å². The molecule has 1 aromatic carbocycles. The van der Waals surface area contributed by atoms with Gasteiger partial charge in [0.25, 0.3) is 5.56 Å². The molecule has 10 heteroatoms. The number of aryl methyl sites for hydroxylation is 3. The molecule has 0 spiro atoms. The van der Waals surface area contributed by atoms with Crippen molar-refractivity contribution in [2.24, 2.45) is 7.05 Å². The second-order valence-corrected chi connectivity index (χ2v) is 6.91. The van der Waals surface area contributed by atoms with Gasteiger partial charge in [-0.25, -0.2) is 0 Å². The fourth-order valence-corrected chi connectivity index (χ4v) is 3.13. The SMILES string of the molecule is Cc1ccc(NC(=O)Cn2c(C)cc(=O)n3nc(-c4cnn(C)c4C#N)nc23)cc1. The third-order valence-corrected chi connectivity index (χ3v) is 4.72. The molecular formula is C20H18N8O2. The summed E-state index contributed by atoms with van der Waals surface area (Å²) < 4.78 is 4.13. The number of benzene rings is 1. The van der Waals surface area contributed by atoms with Crippen LogP contribution in [0.5, 0.6) is 0 Å². The summed E-state index contributed by atoms with van der Waals surface area (Å²) >= 11 is 0. The molecule has 4 rings (SSSR count). The van der Waals surface area contributed by atoms with Crippen molar-refractivity contribution >= 4 is 17.4 Å². The zero-order valence-electron chi connectivity index (χ0n) is 16.6. The van der Waals surface area contributed by atoms with Gasteiger partial charge in [-0.3, -0.25) is 14.3 Å². The maximum Gasteiger partial charge on any atom is 0.275 e. The number of nitrogens with one attached hydrogen (secondary N) is 1. The lowest BCUT2D eigenvalue weighted by atomic mass is 10.2. The number of aromatic nitrogens is 6. The molecule has 0 saturated carbocycles. The van der Waals surface area contributed by atoms with E-state index in [1.165, 1.54) is 16.9 Å². The number of hydrogen-bond acceptors (Lipinski definition) is 6. The number of nitrogens with zero attached hydrogens (tertiary/aromatic N) is 7. The highest BCUT2D eigenvalue weighted by Crippen LogP contribution is 2.20. The number of amides is 1. The quantitative estimate of drug-likeness (QED) is 0.551.